The molecule has 6 heteroatoms. The maximum Gasteiger partial charge on any atom is 0.253 e. The molecule has 0 atom stereocenters. The van der Waals surface area contributed by atoms with Crippen LogP contribution in [0.4, 0.5) is 10.1 Å². The molecule has 4 nitrogen and oxygen atoms in total. The first-order valence-corrected chi connectivity index (χ1v) is 6.38. The Hall–Kier alpha value is -2.14. The molecule has 1 aromatic carbocycles. The minimum absolute atomic E-state index is 0.203. The predicted molar refractivity (Wildman–Crippen MR) is 76.1 cm³/mol. The van der Waals surface area contributed by atoms with Crippen LogP contribution in [0.3, 0.4) is 0 Å². The number of nitrogens with one attached hydrogen (secondary N) is 1. The molecule has 0 radical (unpaired) electrons. The molecular formula is C14H13ClFN3O. The van der Waals surface area contributed by atoms with Crippen molar-refractivity contribution >= 4 is 23.2 Å². The topological polar surface area (TPSA) is 68.0 Å². The minimum Gasteiger partial charge on any atom is -0.397 e. The quantitative estimate of drug-likeness (QED) is 0.851. The lowest BCUT2D eigenvalue weighted by Gasteiger charge is -2.07. The van der Waals surface area contributed by atoms with E-state index >= 15 is 0 Å². The van der Waals surface area contributed by atoms with E-state index < -0.39 is 0 Å². The van der Waals surface area contributed by atoms with Crippen LogP contribution in [0.1, 0.15) is 15.9 Å². The summed E-state index contributed by atoms with van der Waals surface area (Å²) in [5, 5.41) is 2.91. The van der Waals surface area contributed by atoms with Crippen LogP contribution in [-0.2, 0) is 6.42 Å². The predicted octanol–water partition coefficient (Wildman–Crippen LogP) is 2.43. The summed E-state index contributed by atoms with van der Waals surface area (Å²) >= 11 is 5.72. The average Bonchev–Trinajstić information content (AvgIpc) is 2.41. The van der Waals surface area contributed by atoms with E-state index in [0.717, 1.165) is 5.56 Å². The number of nitrogens with two attached hydrogens (primary N) is 1. The van der Waals surface area contributed by atoms with Crippen LogP contribution in [0.2, 0.25) is 5.15 Å². The highest BCUT2D eigenvalue weighted by Crippen LogP contribution is 2.14. The van der Waals surface area contributed by atoms with Gasteiger partial charge in [0.15, 0.2) is 0 Å². The summed E-state index contributed by atoms with van der Waals surface area (Å²) in [6.45, 7) is 0.377. The number of nitrogens with zero attached hydrogens (tertiary/aromatic N) is 1. The van der Waals surface area contributed by atoms with E-state index in [-0.39, 0.29) is 28.1 Å². The second-order valence-electron chi connectivity index (χ2n) is 4.23. The number of hydrogen-bond donors (Lipinski definition) is 2. The molecule has 0 aliphatic rings. The number of amides is 1. The molecule has 0 saturated heterocycles. The van der Waals surface area contributed by atoms with E-state index in [0.29, 0.717) is 13.0 Å². The lowest BCUT2D eigenvalue weighted by Crippen LogP contribution is -2.26. The number of rotatable bonds is 4. The van der Waals surface area contributed by atoms with Gasteiger partial charge in [-0.25, -0.2) is 9.37 Å². The highest BCUT2D eigenvalue weighted by atomic mass is 35.5. The first kappa shape index (κ1) is 14.3. The SMILES string of the molecule is Nc1cnc(Cl)cc1C(=O)NCCc1cccc(F)c1. The van der Waals surface area contributed by atoms with Crippen molar-refractivity contribution in [3.05, 3.63) is 58.6 Å². The van der Waals surface area contributed by atoms with Gasteiger partial charge < -0.3 is 11.1 Å². The van der Waals surface area contributed by atoms with Crippen molar-refractivity contribution in [3.63, 3.8) is 0 Å². The molecule has 104 valence electrons. The Kier molecular flexibility index (Phi) is 4.53. The second-order valence-corrected chi connectivity index (χ2v) is 4.62. The van der Waals surface area contributed by atoms with Gasteiger partial charge >= 0.3 is 0 Å². The van der Waals surface area contributed by atoms with Crippen LogP contribution in [0.25, 0.3) is 0 Å². The highest BCUT2D eigenvalue weighted by molar-refractivity contribution is 6.29. The lowest BCUT2D eigenvalue weighted by atomic mass is 10.1. The second kappa shape index (κ2) is 6.34. The molecular weight excluding hydrogens is 281 g/mol. The normalized spacial score (nSPS) is 10.3. The van der Waals surface area contributed by atoms with Crippen molar-refractivity contribution in [2.75, 3.05) is 12.3 Å². The van der Waals surface area contributed by atoms with Crippen molar-refractivity contribution in [1.82, 2.24) is 10.3 Å². The molecule has 20 heavy (non-hydrogen) atoms. The number of anilines is 1. The average molecular weight is 294 g/mol. The third-order valence-electron chi connectivity index (χ3n) is 2.73. The van der Waals surface area contributed by atoms with Crippen LogP contribution in [-0.4, -0.2) is 17.4 Å². The Balaban J connectivity index is 1.94. The number of benzene rings is 1. The molecule has 0 saturated carbocycles. The largest absolute Gasteiger partial charge is 0.397 e. The first-order chi connectivity index (χ1) is 9.56. The molecule has 1 amide bonds. The van der Waals surface area contributed by atoms with E-state index in [1.807, 2.05) is 0 Å². The molecule has 0 aliphatic heterocycles. The molecule has 2 aromatic rings. The van der Waals surface area contributed by atoms with Crippen LogP contribution >= 0.6 is 11.6 Å². The van der Waals surface area contributed by atoms with E-state index in [2.05, 4.69) is 10.3 Å². The Morgan fingerprint density at radius 3 is 2.95 bits per heavy atom. The fourth-order valence-electron chi connectivity index (χ4n) is 1.75. The monoisotopic (exact) mass is 293 g/mol. The zero-order chi connectivity index (χ0) is 14.5. The molecule has 0 unspecified atom stereocenters. The van der Waals surface area contributed by atoms with Crippen LogP contribution < -0.4 is 11.1 Å². The number of carbonyl (C=O) groups is 1. The van der Waals surface area contributed by atoms with Crippen molar-refractivity contribution in [3.8, 4) is 0 Å². The first-order valence-electron chi connectivity index (χ1n) is 6.00. The number of aromatic nitrogens is 1. The van der Waals surface area contributed by atoms with Crippen LogP contribution in [0.5, 0.6) is 0 Å². The number of pyridine rings is 1. The van der Waals surface area contributed by atoms with Gasteiger partial charge in [-0.15, -0.1) is 0 Å². The van der Waals surface area contributed by atoms with Gasteiger partial charge in [0.25, 0.3) is 5.91 Å². The Morgan fingerprint density at radius 2 is 2.20 bits per heavy atom. The van der Waals surface area contributed by atoms with Crippen molar-refractivity contribution in [1.29, 1.82) is 0 Å². The van der Waals surface area contributed by atoms with Gasteiger partial charge in [-0.05, 0) is 30.2 Å². The highest BCUT2D eigenvalue weighted by Gasteiger charge is 2.10. The van der Waals surface area contributed by atoms with Crippen LogP contribution in [0.15, 0.2) is 36.5 Å². The van der Waals surface area contributed by atoms with Crippen LogP contribution in [0, 0.1) is 5.82 Å². The van der Waals surface area contributed by atoms with Gasteiger partial charge in [0, 0.05) is 6.54 Å². The summed E-state index contributed by atoms with van der Waals surface area (Å²) in [6, 6.07) is 7.65. The lowest BCUT2D eigenvalue weighted by molar-refractivity contribution is 0.0955. The van der Waals surface area contributed by atoms with Gasteiger partial charge in [0.1, 0.15) is 11.0 Å². The fourth-order valence-corrected chi connectivity index (χ4v) is 1.90. The summed E-state index contributed by atoms with van der Waals surface area (Å²) in [5.74, 6) is -0.623. The van der Waals surface area contributed by atoms with E-state index in [9.17, 15) is 9.18 Å². The van der Waals surface area contributed by atoms with Crippen molar-refractivity contribution in [2.24, 2.45) is 0 Å². The van der Waals surface area contributed by atoms with Crippen molar-refractivity contribution < 1.29 is 9.18 Å². The molecule has 0 spiro atoms. The van der Waals surface area contributed by atoms with Gasteiger partial charge in [-0.3, -0.25) is 4.79 Å². The van der Waals surface area contributed by atoms with Crippen molar-refractivity contribution in [2.45, 2.75) is 6.42 Å². The zero-order valence-electron chi connectivity index (χ0n) is 10.6. The number of halogens is 2. The van der Waals surface area contributed by atoms with Gasteiger partial charge in [-0.1, -0.05) is 23.7 Å². The molecule has 0 fully saturated rings. The summed E-state index contributed by atoms with van der Waals surface area (Å²) < 4.78 is 13.0. The molecule has 3 N–H and O–H groups in total. The molecule has 1 heterocycles. The fraction of sp³-hybridized carbons (Fsp3) is 0.143. The third kappa shape index (κ3) is 3.68. The Labute approximate surface area is 120 Å². The summed E-state index contributed by atoms with van der Waals surface area (Å²) in [5.41, 5.74) is 7.02. The molecule has 1 aromatic heterocycles. The van der Waals surface area contributed by atoms with E-state index in [1.54, 1.807) is 12.1 Å². The van der Waals surface area contributed by atoms with Gasteiger partial charge in [0.2, 0.25) is 0 Å². The van der Waals surface area contributed by atoms with Gasteiger partial charge in [0.05, 0.1) is 17.4 Å². The smallest absolute Gasteiger partial charge is 0.253 e. The molecule has 2 rings (SSSR count). The Morgan fingerprint density at radius 1 is 1.40 bits per heavy atom. The molecule has 0 bridgehead atoms. The number of hydrogen-bond acceptors (Lipinski definition) is 3. The number of carbonyl (C=O) groups excluding carboxylic acids is 1. The minimum atomic E-state index is -0.330. The zero-order valence-corrected chi connectivity index (χ0v) is 11.3. The third-order valence-corrected chi connectivity index (χ3v) is 2.94. The number of nitrogen functional groups attached to an aromatic ring is 1. The molecule has 0 aliphatic carbocycles. The van der Waals surface area contributed by atoms with Gasteiger partial charge in [-0.2, -0.15) is 0 Å². The summed E-state index contributed by atoms with van der Waals surface area (Å²) in [6.07, 6.45) is 1.87. The van der Waals surface area contributed by atoms with E-state index in [1.165, 1.54) is 24.4 Å². The maximum absolute atomic E-state index is 13.0. The Bertz CT molecular complexity index is 634. The van der Waals surface area contributed by atoms with E-state index in [4.69, 9.17) is 17.3 Å². The summed E-state index contributed by atoms with van der Waals surface area (Å²) in [7, 11) is 0. The maximum atomic E-state index is 13.0. The summed E-state index contributed by atoms with van der Waals surface area (Å²) in [4.78, 5) is 15.7. The standard InChI is InChI=1S/C14H13ClFN3O/c15-13-7-11(12(17)8-19-13)14(20)18-5-4-9-2-1-3-10(16)6-9/h1-3,6-8H,4-5,17H2,(H,18,20).